The molecule has 2 saturated heterocycles. The molecule has 11 nitrogen and oxygen atoms in total. The fourth-order valence-corrected chi connectivity index (χ4v) is 4.74. The molecule has 2 fully saturated rings. The molecule has 5 rings (SSSR count). The molecular weight excluding hydrogens is 522 g/mol. The highest BCUT2D eigenvalue weighted by atomic mass is 19.1. The number of hydroxylamine groups is 1. The highest BCUT2D eigenvalue weighted by Crippen LogP contribution is 2.39. The number of benzene rings is 2. The molecule has 1 aromatic heterocycles. The molecule has 0 radical (unpaired) electrons. The second-order valence-corrected chi connectivity index (χ2v) is 9.45. The van der Waals surface area contributed by atoms with Crippen molar-refractivity contribution in [2.45, 2.75) is 12.5 Å². The summed E-state index contributed by atoms with van der Waals surface area (Å²) >= 11 is 0. The molecular formula is C27H30F2N8O3. The highest BCUT2D eigenvalue weighted by Gasteiger charge is 2.31. The molecule has 210 valence electrons. The fourth-order valence-electron chi connectivity index (χ4n) is 4.74. The highest BCUT2D eigenvalue weighted by molar-refractivity contribution is 6.02. The van der Waals surface area contributed by atoms with Gasteiger partial charge in [-0.05, 0) is 36.9 Å². The van der Waals surface area contributed by atoms with Gasteiger partial charge in [0.15, 0.2) is 0 Å². The number of nitrogens with zero attached hydrogens (tertiary/aromatic N) is 6. The summed E-state index contributed by atoms with van der Waals surface area (Å²) in [6.45, 7) is 7.22. The minimum atomic E-state index is -0.675. The van der Waals surface area contributed by atoms with E-state index in [1.807, 2.05) is 6.07 Å². The number of amides is 1. The Labute approximate surface area is 230 Å². The number of carbonyl (C=O) groups is 1. The zero-order chi connectivity index (χ0) is 28.2. The van der Waals surface area contributed by atoms with Gasteiger partial charge >= 0.3 is 0 Å². The van der Waals surface area contributed by atoms with Crippen LogP contribution in [0, 0.1) is 11.6 Å². The number of hydrogen-bond donors (Lipinski definition) is 2. The zero-order valence-corrected chi connectivity index (χ0v) is 22.2. The van der Waals surface area contributed by atoms with Crippen LogP contribution in [0.15, 0.2) is 49.3 Å². The number of rotatable bonds is 8. The lowest BCUT2D eigenvalue weighted by molar-refractivity contribution is -0.111. The molecule has 1 amide bonds. The number of likely N-dealkylation sites (N-methyl/N-ethyl adjacent to an activating group) is 1. The summed E-state index contributed by atoms with van der Waals surface area (Å²) in [6.07, 6.45) is 3.01. The van der Waals surface area contributed by atoms with Crippen molar-refractivity contribution in [3.63, 3.8) is 0 Å². The van der Waals surface area contributed by atoms with Gasteiger partial charge in [-0.1, -0.05) is 6.58 Å². The molecule has 13 heteroatoms. The Morgan fingerprint density at radius 3 is 2.55 bits per heavy atom. The van der Waals surface area contributed by atoms with Crippen molar-refractivity contribution in [2.75, 3.05) is 67.5 Å². The summed E-state index contributed by atoms with van der Waals surface area (Å²) in [4.78, 5) is 35.3. The Balaban J connectivity index is 1.44. The maximum atomic E-state index is 13.9. The van der Waals surface area contributed by atoms with E-state index in [9.17, 15) is 13.6 Å². The Hall–Kier alpha value is -4.36. The molecule has 2 aromatic carbocycles. The standard InChI is InChI=1S/C27H30F2N8O3/c1-4-25(38)32-20-14-21(24(39-3)15-23(20)36-8-6-35(2)7-9-36)33-26-30-16-31-27(34-26)37-22(5-10-40-37)17-11-18(28)13-19(29)12-17/h4,11-16,22H,1,5-10H2,2-3H3,(H,32,38)(H,30,31,33,34). The number of methoxy groups -OCH3 is 1. The Morgan fingerprint density at radius 2 is 1.85 bits per heavy atom. The quantitative estimate of drug-likeness (QED) is 0.402. The lowest BCUT2D eigenvalue weighted by Gasteiger charge is -2.35. The first-order chi connectivity index (χ1) is 19.3. The third-order valence-corrected chi connectivity index (χ3v) is 6.78. The fraction of sp³-hybridized carbons (Fsp3) is 0.333. The SMILES string of the molecule is C=CC(=O)Nc1cc(Nc2ncnc(N3OCCC3c3cc(F)cc(F)c3)n2)c(OC)cc1N1CCN(C)CC1. The van der Waals surface area contributed by atoms with E-state index < -0.39 is 17.7 Å². The molecule has 2 aliphatic heterocycles. The lowest BCUT2D eigenvalue weighted by atomic mass is 10.0. The van der Waals surface area contributed by atoms with Crippen molar-refractivity contribution in [3.8, 4) is 5.75 Å². The molecule has 1 unspecified atom stereocenters. The molecule has 1 atom stereocenters. The van der Waals surface area contributed by atoms with Gasteiger partial charge in [0.1, 0.15) is 23.7 Å². The Kier molecular flexibility index (Phi) is 8.03. The van der Waals surface area contributed by atoms with E-state index in [1.54, 1.807) is 13.2 Å². The Morgan fingerprint density at radius 1 is 1.10 bits per heavy atom. The normalized spacial score (nSPS) is 17.6. The monoisotopic (exact) mass is 552 g/mol. The van der Waals surface area contributed by atoms with Crippen LogP contribution in [0.1, 0.15) is 18.0 Å². The third kappa shape index (κ3) is 5.95. The van der Waals surface area contributed by atoms with Crippen molar-refractivity contribution >= 4 is 34.9 Å². The number of anilines is 5. The number of halogens is 2. The summed E-state index contributed by atoms with van der Waals surface area (Å²) < 4.78 is 33.5. The van der Waals surface area contributed by atoms with E-state index in [4.69, 9.17) is 9.57 Å². The van der Waals surface area contributed by atoms with Gasteiger partial charge in [-0.3, -0.25) is 9.63 Å². The van der Waals surface area contributed by atoms with Gasteiger partial charge in [0.2, 0.25) is 11.9 Å². The first-order valence-corrected chi connectivity index (χ1v) is 12.8. The van der Waals surface area contributed by atoms with Crippen molar-refractivity contribution in [1.82, 2.24) is 19.9 Å². The van der Waals surface area contributed by atoms with Crippen LogP contribution in [0.25, 0.3) is 0 Å². The lowest BCUT2D eigenvalue weighted by Crippen LogP contribution is -2.44. The van der Waals surface area contributed by atoms with Crippen LogP contribution >= 0.6 is 0 Å². The van der Waals surface area contributed by atoms with Crippen LogP contribution in [0.2, 0.25) is 0 Å². The molecule has 0 spiro atoms. The van der Waals surface area contributed by atoms with Crippen molar-refractivity contribution < 1.29 is 23.1 Å². The van der Waals surface area contributed by atoms with E-state index in [0.717, 1.165) is 37.9 Å². The summed E-state index contributed by atoms with van der Waals surface area (Å²) in [5.41, 5.74) is 2.30. The number of carbonyl (C=O) groups excluding carboxylic acids is 1. The van der Waals surface area contributed by atoms with E-state index in [0.29, 0.717) is 35.7 Å². The van der Waals surface area contributed by atoms with Gasteiger partial charge in [-0.15, -0.1) is 0 Å². The largest absolute Gasteiger partial charge is 0.494 e. The average molecular weight is 553 g/mol. The van der Waals surface area contributed by atoms with Gasteiger partial charge in [0.05, 0.1) is 36.8 Å². The second kappa shape index (κ2) is 11.8. The third-order valence-electron chi connectivity index (χ3n) is 6.78. The molecule has 2 aliphatic rings. The maximum Gasteiger partial charge on any atom is 0.255 e. The molecule has 0 saturated carbocycles. The Bertz CT molecular complexity index is 1380. The average Bonchev–Trinajstić information content (AvgIpc) is 3.44. The van der Waals surface area contributed by atoms with Crippen LogP contribution in [-0.4, -0.2) is 72.7 Å². The van der Waals surface area contributed by atoms with E-state index in [2.05, 4.69) is 49.0 Å². The summed E-state index contributed by atoms with van der Waals surface area (Å²) in [6, 6.07) is 6.47. The van der Waals surface area contributed by atoms with E-state index in [-0.39, 0.29) is 17.8 Å². The van der Waals surface area contributed by atoms with Crippen LogP contribution < -0.4 is 25.3 Å². The smallest absolute Gasteiger partial charge is 0.255 e. The summed E-state index contributed by atoms with van der Waals surface area (Å²) in [5, 5.41) is 7.44. The number of hydrogen-bond acceptors (Lipinski definition) is 10. The summed E-state index contributed by atoms with van der Waals surface area (Å²) in [5.74, 6) is -0.843. The predicted octanol–water partition coefficient (Wildman–Crippen LogP) is 3.66. The minimum absolute atomic E-state index is 0.165. The molecule has 0 bridgehead atoms. The van der Waals surface area contributed by atoms with Gasteiger partial charge in [-0.2, -0.15) is 9.97 Å². The van der Waals surface area contributed by atoms with Crippen LogP contribution in [0.5, 0.6) is 5.75 Å². The summed E-state index contributed by atoms with van der Waals surface area (Å²) in [7, 11) is 3.62. The first kappa shape index (κ1) is 27.2. The van der Waals surface area contributed by atoms with Gasteiger partial charge in [0, 0.05) is 44.7 Å². The number of ether oxygens (including phenoxy) is 1. The van der Waals surface area contributed by atoms with Crippen LogP contribution in [0.4, 0.5) is 37.7 Å². The van der Waals surface area contributed by atoms with Gasteiger partial charge in [-0.25, -0.2) is 18.8 Å². The second-order valence-electron chi connectivity index (χ2n) is 9.45. The molecule has 3 aromatic rings. The zero-order valence-electron chi connectivity index (χ0n) is 22.2. The van der Waals surface area contributed by atoms with Crippen molar-refractivity contribution in [1.29, 1.82) is 0 Å². The van der Waals surface area contributed by atoms with Crippen LogP contribution in [0.3, 0.4) is 0 Å². The first-order valence-electron chi connectivity index (χ1n) is 12.8. The van der Waals surface area contributed by atoms with Gasteiger partial charge in [0.25, 0.3) is 5.95 Å². The predicted molar refractivity (Wildman–Crippen MR) is 147 cm³/mol. The number of aromatic nitrogens is 3. The number of piperazine rings is 1. The topological polar surface area (TPSA) is 108 Å². The van der Waals surface area contributed by atoms with Crippen molar-refractivity contribution in [3.05, 3.63) is 66.5 Å². The van der Waals surface area contributed by atoms with Gasteiger partial charge < -0.3 is 25.2 Å². The molecule has 0 aliphatic carbocycles. The number of nitrogens with one attached hydrogen (secondary N) is 2. The molecule has 3 heterocycles. The van der Waals surface area contributed by atoms with E-state index in [1.165, 1.54) is 29.6 Å². The van der Waals surface area contributed by atoms with Crippen LogP contribution in [-0.2, 0) is 9.63 Å². The maximum absolute atomic E-state index is 13.9. The van der Waals surface area contributed by atoms with Crippen molar-refractivity contribution in [2.24, 2.45) is 0 Å². The molecule has 40 heavy (non-hydrogen) atoms. The van der Waals surface area contributed by atoms with E-state index >= 15 is 0 Å². The molecule has 2 N–H and O–H groups in total. The minimum Gasteiger partial charge on any atom is -0.494 e.